The molecular formula is C21H28N2O7S. The SMILES string of the molecule is COC(OC)[C@@](O)(c1ccccc1)[C@@H](CC(C)C)NS(=O)(=O)c1ccccc1[N+](=O)[O-]. The average Bonchev–Trinajstić information content (AvgIpc) is 2.74. The highest BCUT2D eigenvalue weighted by molar-refractivity contribution is 7.89. The van der Waals surface area contributed by atoms with Gasteiger partial charge in [0.1, 0.15) is 0 Å². The van der Waals surface area contributed by atoms with Crippen molar-refractivity contribution >= 4 is 15.7 Å². The fraction of sp³-hybridized carbons (Fsp3) is 0.429. The second kappa shape index (κ2) is 10.3. The number of nitro benzene ring substituents is 1. The summed E-state index contributed by atoms with van der Waals surface area (Å²) in [7, 11) is -1.71. The standard InChI is InChI=1S/C21H28N2O7S/c1-15(2)14-19(21(24,20(29-3)30-4)16-10-6-5-7-11-16)22-31(27,28)18-13-9-8-12-17(18)23(25)26/h5-13,15,19-20,22,24H,14H2,1-4H3/t19-,21-/m1/s1. The van der Waals surface area contributed by atoms with Gasteiger partial charge in [-0.1, -0.05) is 56.3 Å². The van der Waals surface area contributed by atoms with Crippen LogP contribution >= 0.6 is 0 Å². The highest BCUT2D eigenvalue weighted by atomic mass is 32.2. The van der Waals surface area contributed by atoms with E-state index < -0.39 is 43.5 Å². The number of aliphatic hydroxyl groups is 1. The smallest absolute Gasteiger partial charge is 0.289 e. The molecule has 0 spiro atoms. The molecule has 0 unspecified atom stereocenters. The maximum absolute atomic E-state index is 13.2. The predicted octanol–water partition coefficient (Wildman–Crippen LogP) is 2.79. The lowest BCUT2D eigenvalue weighted by Crippen LogP contribution is -2.58. The lowest BCUT2D eigenvalue weighted by molar-refractivity contribution is -0.387. The van der Waals surface area contributed by atoms with Crippen molar-refractivity contribution in [3.05, 3.63) is 70.3 Å². The molecule has 9 nitrogen and oxygen atoms in total. The molecule has 10 heteroatoms. The van der Waals surface area contributed by atoms with Crippen LogP contribution in [0.1, 0.15) is 25.8 Å². The maximum Gasteiger partial charge on any atom is 0.289 e. The minimum absolute atomic E-state index is 0.0388. The number of nitrogens with zero attached hydrogens (tertiary/aromatic N) is 1. The number of hydrogen-bond acceptors (Lipinski definition) is 7. The van der Waals surface area contributed by atoms with E-state index in [0.29, 0.717) is 5.56 Å². The van der Waals surface area contributed by atoms with Crippen LogP contribution in [0.15, 0.2) is 59.5 Å². The van der Waals surface area contributed by atoms with Gasteiger partial charge in [0, 0.05) is 20.3 Å². The number of benzene rings is 2. The molecule has 31 heavy (non-hydrogen) atoms. The van der Waals surface area contributed by atoms with Crippen LogP contribution in [0.3, 0.4) is 0 Å². The van der Waals surface area contributed by atoms with Crippen LogP contribution in [-0.2, 0) is 25.1 Å². The second-order valence-electron chi connectivity index (χ2n) is 7.52. The summed E-state index contributed by atoms with van der Waals surface area (Å²) in [5, 5.41) is 23.2. The largest absolute Gasteiger partial charge is 0.378 e. The normalized spacial score (nSPS) is 15.1. The quantitative estimate of drug-likeness (QED) is 0.305. The van der Waals surface area contributed by atoms with Gasteiger partial charge in [0.2, 0.25) is 10.0 Å². The number of methoxy groups -OCH3 is 2. The highest BCUT2D eigenvalue weighted by Gasteiger charge is 2.48. The summed E-state index contributed by atoms with van der Waals surface area (Å²) in [5.41, 5.74) is -2.11. The molecule has 0 heterocycles. The van der Waals surface area contributed by atoms with Gasteiger partial charge in [-0.05, 0) is 24.0 Å². The van der Waals surface area contributed by atoms with Crippen molar-refractivity contribution in [3.63, 3.8) is 0 Å². The lowest BCUT2D eigenvalue weighted by atomic mass is 9.82. The van der Waals surface area contributed by atoms with Gasteiger partial charge in [-0.15, -0.1) is 0 Å². The fourth-order valence-corrected chi connectivity index (χ4v) is 4.99. The molecule has 2 N–H and O–H groups in total. The molecule has 0 aromatic heterocycles. The van der Waals surface area contributed by atoms with Crippen LogP contribution in [0, 0.1) is 16.0 Å². The molecule has 2 rings (SSSR count). The third-order valence-electron chi connectivity index (χ3n) is 4.91. The third-order valence-corrected chi connectivity index (χ3v) is 6.43. The zero-order valence-corrected chi connectivity index (χ0v) is 18.7. The minimum atomic E-state index is -4.38. The van der Waals surface area contributed by atoms with Crippen LogP contribution < -0.4 is 4.72 Å². The van der Waals surface area contributed by atoms with Crippen LogP contribution in [0.25, 0.3) is 0 Å². The van der Waals surface area contributed by atoms with Crippen molar-refractivity contribution in [1.82, 2.24) is 4.72 Å². The van der Waals surface area contributed by atoms with Gasteiger partial charge in [0.15, 0.2) is 16.8 Å². The number of nitrogens with one attached hydrogen (secondary N) is 1. The number of rotatable bonds is 11. The Hall–Kier alpha value is -2.37. The summed E-state index contributed by atoms with van der Waals surface area (Å²) >= 11 is 0. The Morgan fingerprint density at radius 3 is 2.13 bits per heavy atom. The molecule has 0 aliphatic carbocycles. The number of para-hydroxylation sites is 1. The van der Waals surface area contributed by atoms with Gasteiger partial charge in [-0.25, -0.2) is 13.1 Å². The minimum Gasteiger partial charge on any atom is -0.378 e. The lowest BCUT2D eigenvalue weighted by Gasteiger charge is -2.41. The van der Waals surface area contributed by atoms with E-state index in [1.165, 1.54) is 26.4 Å². The summed E-state index contributed by atoms with van der Waals surface area (Å²) in [6.07, 6.45) is -1.01. The number of nitro groups is 1. The highest BCUT2D eigenvalue weighted by Crippen LogP contribution is 2.35. The molecule has 2 aromatic rings. The van der Waals surface area contributed by atoms with Gasteiger partial charge in [0.05, 0.1) is 11.0 Å². The zero-order chi connectivity index (χ0) is 23.2. The predicted molar refractivity (Wildman–Crippen MR) is 115 cm³/mol. The number of sulfonamides is 1. The van der Waals surface area contributed by atoms with Crippen LogP contribution in [0.2, 0.25) is 0 Å². The van der Waals surface area contributed by atoms with Crippen molar-refractivity contribution in [2.75, 3.05) is 14.2 Å². The van der Waals surface area contributed by atoms with E-state index >= 15 is 0 Å². The van der Waals surface area contributed by atoms with E-state index in [9.17, 15) is 23.6 Å². The Morgan fingerprint density at radius 1 is 1.06 bits per heavy atom. The molecule has 0 saturated carbocycles. The summed E-state index contributed by atoms with van der Waals surface area (Å²) < 4.78 is 39.6. The van der Waals surface area contributed by atoms with E-state index in [-0.39, 0.29) is 12.3 Å². The summed E-state index contributed by atoms with van der Waals surface area (Å²) in [5.74, 6) is -0.0388. The van der Waals surface area contributed by atoms with Crippen LogP contribution in [0.4, 0.5) is 5.69 Å². The number of hydrogen-bond donors (Lipinski definition) is 2. The first-order valence-electron chi connectivity index (χ1n) is 9.67. The second-order valence-corrected chi connectivity index (χ2v) is 9.21. The number of ether oxygens (including phenoxy) is 2. The van der Waals surface area contributed by atoms with Gasteiger partial charge >= 0.3 is 0 Å². The van der Waals surface area contributed by atoms with Crippen LogP contribution in [-0.4, -0.2) is 45.0 Å². The molecule has 0 saturated heterocycles. The summed E-state index contributed by atoms with van der Waals surface area (Å²) in [4.78, 5) is 10.1. The van der Waals surface area contributed by atoms with E-state index in [4.69, 9.17) is 9.47 Å². The van der Waals surface area contributed by atoms with E-state index in [0.717, 1.165) is 12.1 Å². The molecule has 0 aliphatic heterocycles. The van der Waals surface area contributed by atoms with Crippen molar-refractivity contribution in [2.24, 2.45) is 5.92 Å². The topological polar surface area (TPSA) is 128 Å². The van der Waals surface area contributed by atoms with Crippen molar-refractivity contribution < 1.29 is 27.9 Å². The monoisotopic (exact) mass is 452 g/mol. The Morgan fingerprint density at radius 2 is 1.61 bits per heavy atom. The molecule has 0 aliphatic rings. The van der Waals surface area contributed by atoms with Gasteiger partial charge in [-0.3, -0.25) is 10.1 Å². The Bertz CT molecular complexity index is 978. The van der Waals surface area contributed by atoms with Crippen molar-refractivity contribution in [3.8, 4) is 0 Å². The Balaban J connectivity index is 2.63. The van der Waals surface area contributed by atoms with E-state index in [1.54, 1.807) is 30.3 Å². The van der Waals surface area contributed by atoms with Crippen molar-refractivity contribution in [1.29, 1.82) is 0 Å². The van der Waals surface area contributed by atoms with Crippen LogP contribution in [0.5, 0.6) is 0 Å². The fourth-order valence-electron chi connectivity index (χ4n) is 3.54. The first-order valence-corrected chi connectivity index (χ1v) is 11.2. The molecule has 0 fully saturated rings. The Labute approximate surface area is 182 Å². The molecule has 0 bridgehead atoms. The van der Waals surface area contributed by atoms with Gasteiger partial charge < -0.3 is 14.6 Å². The van der Waals surface area contributed by atoms with Gasteiger partial charge in [-0.2, -0.15) is 0 Å². The van der Waals surface area contributed by atoms with Crippen molar-refractivity contribution in [2.45, 2.75) is 43.1 Å². The van der Waals surface area contributed by atoms with E-state index in [2.05, 4.69) is 4.72 Å². The zero-order valence-electron chi connectivity index (χ0n) is 17.9. The Kier molecular flexibility index (Phi) is 8.27. The third kappa shape index (κ3) is 5.46. The first kappa shape index (κ1) is 24.9. The van der Waals surface area contributed by atoms with E-state index in [1.807, 2.05) is 13.8 Å². The molecular weight excluding hydrogens is 424 g/mol. The molecule has 2 aromatic carbocycles. The average molecular weight is 453 g/mol. The summed E-state index contributed by atoms with van der Waals surface area (Å²) in [6, 6.07) is 12.4. The first-order chi connectivity index (χ1) is 14.6. The molecule has 2 atom stereocenters. The molecule has 0 radical (unpaired) electrons. The molecule has 170 valence electrons. The molecule has 0 amide bonds. The maximum atomic E-state index is 13.2. The summed E-state index contributed by atoms with van der Waals surface area (Å²) in [6.45, 7) is 3.73. The van der Waals surface area contributed by atoms with Gasteiger partial charge in [0.25, 0.3) is 5.69 Å².